The summed E-state index contributed by atoms with van der Waals surface area (Å²) in [5.74, 6) is -1.70. The second-order valence-corrected chi connectivity index (χ2v) is 4.62. The Morgan fingerprint density at radius 3 is 1.87 bits per heavy atom. The van der Waals surface area contributed by atoms with Crippen molar-refractivity contribution in [2.45, 2.75) is 60.0 Å². The highest BCUT2D eigenvalue weighted by Gasteiger charge is 2.17. The fourth-order valence-electron chi connectivity index (χ4n) is 1.42. The van der Waals surface area contributed by atoms with Gasteiger partial charge < -0.3 is 20.9 Å². The lowest BCUT2D eigenvalue weighted by molar-refractivity contribution is -0.145. The van der Waals surface area contributed by atoms with E-state index in [1.54, 1.807) is 13.8 Å². The zero-order valence-electron chi connectivity index (χ0n) is 13.5. The van der Waals surface area contributed by atoms with Crippen molar-refractivity contribution in [2.75, 3.05) is 13.2 Å². The molecule has 2 atom stereocenters. The van der Waals surface area contributed by atoms with Gasteiger partial charge in [-0.1, -0.05) is 14.4 Å². The lowest BCUT2D eigenvalue weighted by Gasteiger charge is -2.09. The zero-order chi connectivity index (χ0) is 17.7. The number of rotatable bonds is 9. The Kier molecular flexibility index (Phi) is 17.2. The number of carboxylic acid groups (broad SMARTS) is 1. The van der Waals surface area contributed by atoms with Gasteiger partial charge in [0.2, 0.25) is 0 Å². The van der Waals surface area contributed by atoms with Crippen LogP contribution in [0.5, 0.6) is 0 Å². The molecule has 0 saturated carbocycles. The van der Waals surface area contributed by atoms with Gasteiger partial charge in [0.05, 0.1) is 6.61 Å². The SMILES string of the molecule is C.CCNC(CC(C)=O)C(=O)O.CCOC(=O)C(N)CC(C)=O. The van der Waals surface area contributed by atoms with Crippen LogP contribution in [-0.4, -0.2) is 53.8 Å². The number of Topliss-reactive ketones (excluding diaryl/α,β-unsaturated/α-hetero) is 2. The third kappa shape index (κ3) is 16.4. The topological polar surface area (TPSA) is 136 Å². The van der Waals surface area contributed by atoms with Crippen LogP contribution >= 0.6 is 0 Å². The number of nitrogens with one attached hydrogen (secondary N) is 1. The summed E-state index contributed by atoms with van der Waals surface area (Å²) in [6, 6.07) is -1.52. The monoisotopic (exact) mass is 334 g/mol. The third-order valence-corrected chi connectivity index (χ3v) is 2.34. The van der Waals surface area contributed by atoms with Gasteiger partial charge in [0.1, 0.15) is 23.7 Å². The molecule has 0 saturated heterocycles. The normalized spacial score (nSPS) is 11.9. The molecule has 8 nitrogen and oxygen atoms in total. The lowest BCUT2D eigenvalue weighted by Crippen LogP contribution is -2.37. The van der Waals surface area contributed by atoms with E-state index in [1.807, 2.05) is 0 Å². The number of carbonyl (C=O) groups is 4. The van der Waals surface area contributed by atoms with Crippen molar-refractivity contribution in [3.8, 4) is 0 Å². The largest absolute Gasteiger partial charge is 0.480 e. The fourth-order valence-corrected chi connectivity index (χ4v) is 1.42. The van der Waals surface area contributed by atoms with Gasteiger partial charge in [-0.15, -0.1) is 0 Å². The molecule has 136 valence electrons. The molecule has 0 aromatic heterocycles. The van der Waals surface area contributed by atoms with E-state index in [9.17, 15) is 19.2 Å². The third-order valence-electron chi connectivity index (χ3n) is 2.34. The maximum absolute atomic E-state index is 10.8. The van der Waals surface area contributed by atoms with E-state index in [0.717, 1.165) is 0 Å². The van der Waals surface area contributed by atoms with E-state index in [2.05, 4.69) is 10.1 Å². The second kappa shape index (κ2) is 15.1. The van der Waals surface area contributed by atoms with Gasteiger partial charge in [0.25, 0.3) is 0 Å². The van der Waals surface area contributed by atoms with Crippen LogP contribution < -0.4 is 11.1 Å². The summed E-state index contributed by atoms with van der Waals surface area (Å²) in [7, 11) is 0. The van der Waals surface area contributed by atoms with E-state index in [4.69, 9.17) is 10.8 Å². The molecule has 0 spiro atoms. The van der Waals surface area contributed by atoms with Crippen LogP contribution in [0.15, 0.2) is 0 Å². The molecule has 0 aromatic carbocycles. The molecular weight excluding hydrogens is 304 g/mol. The number of aliphatic carboxylic acids is 1. The molecule has 8 heteroatoms. The van der Waals surface area contributed by atoms with Crippen LogP contribution in [0.4, 0.5) is 0 Å². The van der Waals surface area contributed by atoms with Crippen LogP contribution in [0, 0.1) is 0 Å². The van der Waals surface area contributed by atoms with Gasteiger partial charge in [-0.25, -0.2) is 0 Å². The van der Waals surface area contributed by atoms with Gasteiger partial charge in [0, 0.05) is 12.8 Å². The highest BCUT2D eigenvalue weighted by atomic mass is 16.5. The van der Waals surface area contributed by atoms with E-state index < -0.39 is 24.0 Å². The van der Waals surface area contributed by atoms with Crippen molar-refractivity contribution in [3.05, 3.63) is 0 Å². The highest BCUT2D eigenvalue weighted by molar-refractivity contribution is 5.85. The number of carboxylic acids is 1. The molecule has 0 aliphatic heterocycles. The van der Waals surface area contributed by atoms with Crippen LogP contribution in [0.25, 0.3) is 0 Å². The molecule has 4 N–H and O–H groups in total. The van der Waals surface area contributed by atoms with Gasteiger partial charge in [-0.3, -0.25) is 19.2 Å². The number of nitrogens with two attached hydrogens (primary N) is 1. The molecule has 0 aromatic rings. The van der Waals surface area contributed by atoms with Gasteiger partial charge in [-0.05, 0) is 27.3 Å². The maximum Gasteiger partial charge on any atom is 0.323 e. The average molecular weight is 334 g/mol. The summed E-state index contributed by atoms with van der Waals surface area (Å²) in [4.78, 5) is 42.2. The Morgan fingerprint density at radius 2 is 1.57 bits per heavy atom. The molecule has 0 radical (unpaired) electrons. The number of hydrogen-bond donors (Lipinski definition) is 3. The molecule has 0 rings (SSSR count). The van der Waals surface area contributed by atoms with E-state index >= 15 is 0 Å². The fraction of sp³-hybridized carbons (Fsp3) is 0.733. The molecule has 0 amide bonds. The molecular formula is C15H30N2O6. The van der Waals surface area contributed by atoms with Gasteiger partial charge in [0.15, 0.2) is 0 Å². The minimum atomic E-state index is -0.970. The van der Waals surface area contributed by atoms with Crippen molar-refractivity contribution >= 4 is 23.5 Å². The van der Waals surface area contributed by atoms with Crippen molar-refractivity contribution in [1.82, 2.24) is 5.32 Å². The minimum absolute atomic E-state index is 0. The van der Waals surface area contributed by atoms with E-state index in [1.165, 1.54) is 13.8 Å². The molecule has 0 aliphatic carbocycles. The number of hydrogen-bond acceptors (Lipinski definition) is 7. The Hall–Kier alpha value is -1.80. The predicted molar refractivity (Wildman–Crippen MR) is 87.0 cm³/mol. The number of ketones is 2. The summed E-state index contributed by atoms with van der Waals surface area (Å²) < 4.78 is 4.59. The summed E-state index contributed by atoms with van der Waals surface area (Å²) in [5, 5.41) is 11.2. The second-order valence-electron chi connectivity index (χ2n) is 4.62. The first-order chi connectivity index (χ1) is 10.1. The van der Waals surface area contributed by atoms with E-state index in [0.29, 0.717) is 13.2 Å². The Morgan fingerprint density at radius 1 is 1.09 bits per heavy atom. The van der Waals surface area contributed by atoms with Crippen LogP contribution in [0.2, 0.25) is 0 Å². The first-order valence-corrected chi connectivity index (χ1v) is 7.02. The predicted octanol–water partition coefficient (Wildman–Crippen LogP) is 0.520. The number of ether oxygens (including phenoxy) is 1. The molecule has 0 aliphatic rings. The van der Waals surface area contributed by atoms with Crippen LogP contribution in [0.1, 0.15) is 48.0 Å². The summed E-state index contributed by atoms with van der Waals surface area (Å²) >= 11 is 0. The number of likely N-dealkylation sites (N-methyl/N-ethyl adjacent to an activating group) is 1. The van der Waals surface area contributed by atoms with Gasteiger partial charge >= 0.3 is 11.9 Å². The number of esters is 1. The lowest BCUT2D eigenvalue weighted by atomic mass is 10.1. The minimum Gasteiger partial charge on any atom is -0.480 e. The molecule has 0 heterocycles. The Balaban J connectivity index is -0.000000333. The first-order valence-electron chi connectivity index (χ1n) is 7.02. The summed E-state index contributed by atoms with van der Waals surface area (Å²) in [5.41, 5.74) is 5.31. The van der Waals surface area contributed by atoms with Crippen molar-refractivity contribution in [2.24, 2.45) is 5.73 Å². The molecule has 2 unspecified atom stereocenters. The molecule has 0 fully saturated rings. The average Bonchev–Trinajstić information content (AvgIpc) is 2.37. The maximum atomic E-state index is 10.8. The summed E-state index contributed by atoms with van der Waals surface area (Å²) in [6.07, 6.45) is 0.113. The highest BCUT2D eigenvalue weighted by Crippen LogP contribution is 1.93. The zero-order valence-corrected chi connectivity index (χ0v) is 13.5. The smallest absolute Gasteiger partial charge is 0.323 e. The Labute approximate surface area is 137 Å². The Bertz CT molecular complexity index is 384. The van der Waals surface area contributed by atoms with Gasteiger partial charge in [-0.2, -0.15) is 0 Å². The summed E-state index contributed by atoms with van der Waals surface area (Å²) in [6.45, 7) is 7.12. The van der Waals surface area contributed by atoms with Crippen molar-refractivity contribution in [3.63, 3.8) is 0 Å². The first kappa shape index (κ1) is 26.1. The van der Waals surface area contributed by atoms with Crippen LogP contribution in [0.3, 0.4) is 0 Å². The quantitative estimate of drug-likeness (QED) is 0.519. The standard InChI is InChI=1S/2C7H13NO3.CH4/c1-3-11-7(10)6(8)4-5(2)9;1-3-8-6(7(10)11)4-5(2)9;/h6H,3-4,8H2,1-2H3;6,8H,3-4H2,1-2H3,(H,10,11);1H4. The van der Waals surface area contributed by atoms with Crippen molar-refractivity contribution < 1.29 is 29.0 Å². The molecule has 23 heavy (non-hydrogen) atoms. The van der Waals surface area contributed by atoms with E-state index in [-0.39, 0.29) is 31.8 Å². The van der Waals surface area contributed by atoms with Crippen LogP contribution in [-0.2, 0) is 23.9 Å². The number of carbonyl (C=O) groups excluding carboxylic acids is 3. The van der Waals surface area contributed by atoms with Crippen molar-refractivity contribution in [1.29, 1.82) is 0 Å². The molecule has 0 bridgehead atoms.